The molecule has 0 spiro atoms. The molecule has 0 aromatic rings. The Morgan fingerprint density at radius 1 is 1.10 bits per heavy atom. The number of hydrogen-bond donors (Lipinski definition) is 1. The van der Waals surface area contributed by atoms with Crippen LogP contribution in [-0.4, -0.2) is 54.2 Å². The number of rotatable bonds is 4. The van der Waals surface area contributed by atoms with Gasteiger partial charge < -0.3 is 24.1 Å². The molecule has 1 fully saturated rings. The maximum Gasteiger partial charge on any atom is 0.303 e. The van der Waals surface area contributed by atoms with Gasteiger partial charge in [-0.05, 0) is 0 Å². The molecular formula is C12H18O8. The van der Waals surface area contributed by atoms with Crippen LogP contribution in [0.25, 0.3) is 0 Å². The molecular weight excluding hydrogens is 272 g/mol. The fourth-order valence-corrected chi connectivity index (χ4v) is 1.91. The highest BCUT2D eigenvalue weighted by molar-refractivity contribution is 5.67. The molecule has 114 valence electrons. The number of aliphatic hydroxyl groups is 1. The van der Waals surface area contributed by atoms with Crippen molar-refractivity contribution in [1.82, 2.24) is 0 Å². The number of carbonyl (C=O) groups excluding carboxylic acids is 3. The summed E-state index contributed by atoms with van der Waals surface area (Å²) in [4.78, 5) is 33.0. The molecule has 0 amide bonds. The molecule has 8 heteroatoms. The lowest BCUT2D eigenvalue weighted by Crippen LogP contribution is -2.53. The Hall–Kier alpha value is -1.67. The van der Waals surface area contributed by atoms with Gasteiger partial charge in [0.1, 0.15) is 18.8 Å². The van der Waals surface area contributed by atoms with Crippen LogP contribution in [0.1, 0.15) is 27.2 Å². The van der Waals surface area contributed by atoms with Crippen LogP contribution in [-0.2, 0) is 33.3 Å². The number of aliphatic hydroxyl groups excluding tert-OH is 1. The quantitative estimate of drug-likeness (QED) is 0.546. The van der Waals surface area contributed by atoms with Gasteiger partial charge in [0.2, 0.25) is 0 Å². The highest BCUT2D eigenvalue weighted by Gasteiger charge is 2.43. The topological polar surface area (TPSA) is 108 Å². The van der Waals surface area contributed by atoms with Crippen molar-refractivity contribution in [2.45, 2.75) is 51.8 Å². The third-order valence-electron chi connectivity index (χ3n) is 2.57. The maximum atomic E-state index is 11.1. The zero-order chi connectivity index (χ0) is 15.3. The predicted octanol–water partition coefficient (Wildman–Crippen LogP) is -0.480. The van der Waals surface area contributed by atoms with E-state index in [9.17, 15) is 19.5 Å². The van der Waals surface area contributed by atoms with Crippen LogP contribution in [0.2, 0.25) is 0 Å². The molecule has 4 atom stereocenters. The SMILES string of the molecule is CC(=O)OC[C@@H]1O[C@H](O)C[C@H](OC(C)=O)[C@H]1OC(C)=O. The minimum atomic E-state index is -1.20. The Bertz CT molecular complexity index is 380. The molecule has 20 heavy (non-hydrogen) atoms. The summed E-state index contributed by atoms with van der Waals surface area (Å²) < 4.78 is 20.0. The van der Waals surface area contributed by atoms with Gasteiger partial charge in [-0.25, -0.2) is 0 Å². The van der Waals surface area contributed by atoms with Gasteiger partial charge in [-0.2, -0.15) is 0 Å². The van der Waals surface area contributed by atoms with Crippen molar-refractivity contribution in [3.05, 3.63) is 0 Å². The molecule has 0 bridgehead atoms. The average molecular weight is 290 g/mol. The van der Waals surface area contributed by atoms with E-state index in [0.29, 0.717) is 0 Å². The van der Waals surface area contributed by atoms with E-state index >= 15 is 0 Å². The van der Waals surface area contributed by atoms with E-state index in [4.69, 9.17) is 18.9 Å². The van der Waals surface area contributed by atoms with E-state index in [1.54, 1.807) is 0 Å². The minimum Gasteiger partial charge on any atom is -0.463 e. The zero-order valence-electron chi connectivity index (χ0n) is 11.5. The second kappa shape index (κ2) is 7.20. The van der Waals surface area contributed by atoms with Crippen molar-refractivity contribution in [2.24, 2.45) is 0 Å². The number of hydrogen-bond acceptors (Lipinski definition) is 8. The van der Waals surface area contributed by atoms with Crippen molar-refractivity contribution >= 4 is 17.9 Å². The molecule has 0 aromatic carbocycles. The van der Waals surface area contributed by atoms with Gasteiger partial charge in [0, 0.05) is 27.2 Å². The van der Waals surface area contributed by atoms with Crippen LogP contribution >= 0.6 is 0 Å². The molecule has 0 aliphatic carbocycles. The van der Waals surface area contributed by atoms with Gasteiger partial charge in [-0.1, -0.05) is 0 Å². The summed E-state index contributed by atoms with van der Waals surface area (Å²) >= 11 is 0. The Balaban J connectivity index is 2.82. The molecule has 1 N–H and O–H groups in total. The predicted molar refractivity (Wildman–Crippen MR) is 63.2 cm³/mol. The summed E-state index contributed by atoms with van der Waals surface area (Å²) in [6, 6.07) is 0. The molecule has 1 heterocycles. The van der Waals surface area contributed by atoms with Crippen molar-refractivity contribution in [2.75, 3.05) is 6.61 Å². The van der Waals surface area contributed by atoms with Gasteiger partial charge >= 0.3 is 17.9 Å². The van der Waals surface area contributed by atoms with Crippen molar-refractivity contribution in [1.29, 1.82) is 0 Å². The molecule has 0 aromatic heterocycles. The Labute approximate surface area is 115 Å². The van der Waals surface area contributed by atoms with Gasteiger partial charge in [0.25, 0.3) is 0 Å². The lowest BCUT2D eigenvalue weighted by molar-refractivity contribution is -0.252. The summed E-state index contributed by atoms with van der Waals surface area (Å²) in [6.45, 7) is 3.39. The highest BCUT2D eigenvalue weighted by Crippen LogP contribution is 2.25. The third-order valence-corrected chi connectivity index (χ3v) is 2.57. The third kappa shape index (κ3) is 5.14. The van der Waals surface area contributed by atoms with Crippen LogP contribution in [0.4, 0.5) is 0 Å². The molecule has 1 aliphatic heterocycles. The van der Waals surface area contributed by atoms with Crippen LogP contribution < -0.4 is 0 Å². The molecule has 8 nitrogen and oxygen atoms in total. The Morgan fingerprint density at radius 3 is 2.20 bits per heavy atom. The second-order valence-electron chi connectivity index (χ2n) is 4.39. The maximum absolute atomic E-state index is 11.1. The van der Waals surface area contributed by atoms with Crippen LogP contribution in [0.15, 0.2) is 0 Å². The van der Waals surface area contributed by atoms with Crippen LogP contribution in [0, 0.1) is 0 Å². The Kier molecular flexibility index (Phi) is 5.90. The van der Waals surface area contributed by atoms with Crippen molar-refractivity contribution in [3.63, 3.8) is 0 Å². The minimum absolute atomic E-state index is 0.0336. The lowest BCUT2D eigenvalue weighted by Gasteiger charge is -2.38. The summed E-state index contributed by atoms with van der Waals surface area (Å²) in [5.74, 6) is -1.72. The van der Waals surface area contributed by atoms with Gasteiger partial charge in [0.15, 0.2) is 12.4 Å². The number of carbonyl (C=O) groups is 3. The molecule has 1 saturated heterocycles. The van der Waals surface area contributed by atoms with E-state index < -0.39 is 42.5 Å². The normalized spacial score (nSPS) is 29.4. The molecule has 1 aliphatic rings. The summed E-state index contributed by atoms with van der Waals surface area (Å²) in [7, 11) is 0. The van der Waals surface area contributed by atoms with E-state index in [1.807, 2.05) is 0 Å². The van der Waals surface area contributed by atoms with E-state index in [2.05, 4.69) is 0 Å². The first-order chi connectivity index (χ1) is 9.29. The lowest BCUT2D eigenvalue weighted by atomic mass is 10.0. The van der Waals surface area contributed by atoms with Crippen molar-refractivity contribution in [3.8, 4) is 0 Å². The molecule has 0 saturated carbocycles. The number of esters is 3. The standard InChI is InChI=1S/C12H18O8/c1-6(13)17-5-10-12(19-8(3)15)9(18-7(2)14)4-11(16)20-10/h9-12,16H,4-5H2,1-3H3/t9-,10-,11-,12+/m0/s1. The largest absolute Gasteiger partial charge is 0.463 e. The first-order valence-electron chi connectivity index (χ1n) is 6.11. The smallest absolute Gasteiger partial charge is 0.303 e. The van der Waals surface area contributed by atoms with E-state index in [-0.39, 0.29) is 13.0 Å². The highest BCUT2D eigenvalue weighted by atomic mass is 16.7. The fourth-order valence-electron chi connectivity index (χ4n) is 1.91. The van der Waals surface area contributed by atoms with E-state index in [0.717, 1.165) is 0 Å². The zero-order valence-corrected chi connectivity index (χ0v) is 11.5. The van der Waals surface area contributed by atoms with Crippen molar-refractivity contribution < 1.29 is 38.4 Å². The van der Waals surface area contributed by atoms with Gasteiger partial charge in [-0.15, -0.1) is 0 Å². The van der Waals surface area contributed by atoms with Crippen LogP contribution in [0.3, 0.4) is 0 Å². The first kappa shape index (κ1) is 16.4. The summed E-state index contributed by atoms with van der Waals surface area (Å²) in [5.41, 5.74) is 0. The summed E-state index contributed by atoms with van der Waals surface area (Å²) in [6.07, 6.45) is -3.95. The van der Waals surface area contributed by atoms with Gasteiger partial charge in [0.05, 0.1) is 0 Å². The number of ether oxygens (including phenoxy) is 4. The average Bonchev–Trinajstić information content (AvgIpc) is 2.28. The monoisotopic (exact) mass is 290 g/mol. The van der Waals surface area contributed by atoms with Gasteiger partial charge in [-0.3, -0.25) is 14.4 Å². The fraction of sp³-hybridized carbons (Fsp3) is 0.750. The molecule has 0 unspecified atom stereocenters. The Morgan fingerprint density at radius 2 is 1.70 bits per heavy atom. The summed E-state index contributed by atoms with van der Waals surface area (Å²) in [5, 5.41) is 9.59. The molecule has 1 rings (SSSR count). The van der Waals surface area contributed by atoms with E-state index in [1.165, 1.54) is 20.8 Å². The molecule has 0 radical (unpaired) electrons. The first-order valence-corrected chi connectivity index (χ1v) is 6.11. The second-order valence-corrected chi connectivity index (χ2v) is 4.39. The van der Waals surface area contributed by atoms with Crippen LogP contribution in [0.5, 0.6) is 0 Å².